The first-order chi connectivity index (χ1) is 11.7. The Balaban J connectivity index is 2.51. The van der Waals surface area contributed by atoms with Gasteiger partial charge in [0.05, 0.1) is 15.7 Å². The van der Waals surface area contributed by atoms with Gasteiger partial charge in [-0.25, -0.2) is 8.42 Å². The molecule has 0 radical (unpaired) electrons. The van der Waals surface area contributed by atoms with Crippen LogP contribution >= 0.6 is 34.8 Å². The summed E-state index contributed by atoms with van der Waals surface area (Å²) in [6, 6.07) is 10.5. The smallest absolute Gasteiger partial charge is 0.303 e. The van der Waals surface area contributed by atoms with Gasteiger partial charge >= 0.3 is 5.97 Å². The third kappa shape index (κ3) is 4.79. The van der Waals surface area contributed by atoms with Crippen molar-refractivity contribution in [1.29, 1.82) is 0 Å². The van der Waals surface area contributed by atoms with E-state index in [1.54, 1.807) is 24.3 Å². The first kappa shape index (κ1) is 19.8. The van der Waals surface area contributed by atoms with E-state index < -0.39 is 16.0 Å². The lowest BCUT2D eigenvalue weighted by Crippen LogP contribution is -2.32. The van der Waals surface area contributed by atoms with Gasteiger partial charge in [0.2, 0.25) is 0 Å². The lowest BCUT2D eigenvalue weighted by molar-refractivity contribution is -0.137. The van der Waals surface area contributed by atoms with Crippen LogP contribution in [-0.4, -0.2) is 26.0 Å². The molecule has 0 aromatic heterocycles. The molecular weight excluding hydrogens is 409 g/mol. The lowest BCUT2D eigenvalue weighted by Gasteiger charge is -2.25. The Hall–Kier alpha value is -1.47. The van der Waals surface area contributed by atoms with Gasteiger partial charge in [0.25, 0.3) is 10.0 Å². The third-order valence-electron chi connectivity index (χ3n) is 3.33. The van der Waals surface area contributed by atoms with Crippen molar-refractivity contribution in [2.24, 2.45) is 0 Å². The zero-order chi connectivity index (χ0) is 18.6. The minimum atomic E-state index is -4.09. The minimum absolute atomic E-state index is 0.0136. The molecule has 0 aliphatic heterocycles. The predicted octanol–water partition coefficient (Wildman–Crippen LogP) is 4.71. The third-order valence-corrected chi connectivity index (χ3v) is 6.18. The number of para-hydroxylation sites is 1. The maximum absolute atomic E-state index is 13.1. The van der Waals surface area contributed by atoms with Crippen LogP contribution in [0, 0.1) is 0 Å². The number of hydrogen-bond donors (Lipinski definition) is 1. The average molecular weight is 423 g/mol. The Bertz CT molecular complexity index is 887. The van der Waals surface area contributed by atoms with Crippen LogP contribution in [0.1, 0.15) is 12.8 Å². The molecule has 0 bridgehead atoms. The summed E-state index contributed by atoms with van der Waals surface area (Å²) in [5.74, 6) is -1.02. The van der Waals surface area contributed by atoms with Gasteiger partial charge in [-0.15, -0.1) is 0 Å². The number of aliphatic carboxylic acids is 1. The summed E-state index contributed by atoms with van der Waals surface area (Å²) in [7, 11) is -4.09. The maximum atomic E-state index is 13.1. The predicted molar refractivity (Wildman–Crippen MR) is 99.3 cm³/mol. The van der Waals surface area contributed by atoms with E-state index >= 15 is 0 Å². The van der Waals surface area contributed by atoms with Gasteiger partial charge in [-0.2, -0.15) is 0 Å². The van der Waals surface area contributed by atoms with Crippen LogP contribution in [0.25, 0.3) is 0 Å². The molecule has 0 fully saturated rings. The fourth-order valence-electron chi connectivity index (χ4n) is 2.19. The van der Waals surface area contributed by atoms with Gasteiger partial charge < -0.3 is 5.11 Å². The molecule has 0 aliphatic rings. The van der Waals surface area contributed by atoms with Crippen molar-refractivity contribution in [3.05, 3.63) is 57.5 Å². The van der Waals surface area contributed by atoms with Crippen LogP contribution in [0.2, 0.25) is 15.1 Å². The highest BCUT2D eigenvalue weighted by molar-refractivity contribution is 7.93. The van der Waals surface area contributed by atoms with E-state index in [9.17, 15) is 13.2 Å². The molecule has 2 rings (SSSR count). The molecule has 0 spiro atoms. The Labute approximate surface area is 160 Å². The highest BCUT2D eigenvalue weighted by Gasteiger charge is 2.28. The SMILES string of the molecule is O=C(O)CCCN(c1ccccc1Cl)S(=O)(=O)c1cc(Cl)ccc1Cl. The van der Waals surface area contributed by atoms with Crippen molar-refractivity contribution >= 4 is 56.5 Å². The summed E-state index contributed by atoms with van der Waals surface area (Å²) in [6.45, 7) is -0.0682. The van der Waals surface area contributed by atoms with E-state index in [1.165, 1.54) is 18.2 Å². The van der Waals surface area contributed by atoms with E-state index in [2.05, 4.69) is 0 Å². The summed E-state index contributed by atoms with van der Waals surface area (Å²) >= 11 is 18.1. The Morgan fingerprint density at radius 3 is 2.36 bits per heavy atom. The number of rotatable bonds is 7. The van der Waals surface area contributed by atoms with Gasteiger partial charge in [0.15, 0.2) is 0 Å². The summed E-state index contributed by atoms with van der Waals surface area (Å²) < 4.78 is 27.3. The molecule has 25 heavy (non-hydrogen) atoms. The van der Waals surface area contributed by atoms with E-state index in [4.69, 9.17) is 39.9 Å². The number of benzene rings is 2. The molecule has 134 valence electrons. The molecule has 0 saturated carbocycles. The molecule has 5 nitrogen and oxygen atoms in total. The molecule has 0 heterocycles. The van der Waals surface area contributed by atoms with Crippen molar-refractivity contribution in [2.45, 2.75) is 17.7 Å². The first-order valence-electron chi connectivity index (χ1n) is 7.17. The minimum Gasteiger partial charge on any atom is -0.481 e. The second-order valence-corrected chi connectivity index (χ2v) is 8.18. The summed E-state index contributed by atoms with van der Waals surface area (Å²) in [6.07, 6.45) is -0.0717. The zero-order valence-corrected chi connectivity index (χ0v) is 15.9. The van der Waals surface area contributed by atoms with Gasteiger partial charge in [-0.3, -0.25) is 9.10 Å². The van der Waals surface area contributed by atoms with Crippen molar-refractivity contribution in [1.82, 2.24) is 0 Å². The normalized spacial score (nSPS) is 11.3. The van der Waals surface area contributed by atoms with E-state index in [0.29, 0.717) is 0 Å². The van der Waals surface area contributed by atoms with Crippen LogP contribution in [0.5, 0.6) is 0 Å². The molecule has 0 saturated heterocycles. The molecule has 9 heteroatoms. The average Bonchev–Trinajstić information content (AvgIpc) is 2.54. The Kier molecular flexibility index (Phi) is 6.57. The number of halogens is 3. The molecule has 0 atom stereocenters. The van der Waals surface area contributed by atoms with Crippen LogP contribution < -0.4 is 4.31 Å². The molecule has 2 aromatic rings. The summed E-state index contributed by atoms with van der Waals surface area (Å²) in [5, 5.41) is 9.27. The number of carbonyl (C=O) groups is 1. The second-order valence-electron chi connectivity index (χ2n) is 5.10. The Morgan fingerprint density at radius 2 is 1.72 bits per heavy atom. The number of anilines is 1. The summed E-state index contributed by atoms with van der Waals surface area (Å²) in [5.41, 5.74) is 0.241. The fourth-order valence-corrected chi connectivity index (χ4v) is 4.74. The van der Waals surface area contributed by atoms with E-state index in [1.807, 2.05) is 0 Å². The molecule has 0 amide bonds. The fraction of sp³-hybridized carbons (Fsp3) is 0.188. The maximum Gasteiger partial charge on any atom is 0.303 e. The first-order valence-corrected chi connectivity index (χ1v) is 9.75. The molecule has 2 aromatic carbocycles. The van der Waals surface area contributed by atoms with Crippen molar-refractivity contribution < 1.29 is 18.3 Å². The summed E-state index contributed by atoms with van der Waals surface area (Å²) in [4.78, 5) is 10.6. The topological polar surface area (TPSA) is 74.7 Å². The van der Waals surface area contributed by atoms with Gasteiger partial charge in [0.1, 0.15) is 4.90 Å². The zero-order valence-electron chi connectivity index (χ0n) is 12.8. The number of sulfonamides is 1. The Morgan fingerprint density at radius 1 is 1.04 bits per heavy atom. The lowest BCUT2D eigenvalue weighted by atomic mass is 10.3. The molecule has 1 N–H and O–H groups in total. The monoisotopic (exact) mass is 421 g/mol. The van der Waals surface area contributed by atoms with E-state index in [-0.39, 0.29) is 45.0 Å². The number of nitrogens with zero attached hydrogens (tertiary/aromatic N) is 1. The van der Waals surface area contributed by atoms with Gasteiger partial charge in [-0.1, -0.05) is 46.9 Å². The van der Waals surface area contributed by atoms with Gasteiger partial charge in [-0.05, 0) is 36.8 Å². The number of carboxylic acids is 1. The van der Waals surface area contributed by atoms with Crippen LogP contribution in [0.4, 0.5) is 5.69 Å². The second kappa shape index (κ2) is 8.27. The largest absolute Gasteiger partial charge is 0.481 e. The molecule has 0 unspecified atom stereocenters. The quantitative estimate of drug-likeness (QED) is 0.701. The van der Waals surface area contributed by atoms with Crippen molar-refractivity contribution in [2.75, 3.05) is 10.8 Å². The van der Waals surface area contributed by atoms with Crippen molar-refractivity contribution in [3.63, 3.8) is 0 Å². The van der Waals surface area contributed by atoms with Gasteiger partial charge in [0, 0.05) is 18.0 Å². The van der Waals surface area contributed by atoms with Crippen molar-refractivity contribution in [3.8, 4) is 0 Å². The van der Waals surface area contributed by atoms with E-state index in [0.717, 1.165) is 4.31 Å². The molecule has 0 aliphatic carbocycles. The standard InChI is InChI=1S/C16H14Cl3NO4S/c17-11-7-8-13(19)15(10-11)25(23,24)20(9-3-6-16(21)22)14-5-2-1-4-12(14)18/h1-2,4-5,7-8,10H,3,6,9H2,(H,21,22). The number of carboxylic acid groups (broad SMARTS) is 1. The van der Waals surface area contributed by atoms with Crippen LogP contribution in [0.15, 0.2) is 47.4 Å². The van der Waals surface area contributed by atoms with Crippen LogP contribution in [0.3, 0.4) is 0 Å². The molecular formula is C16H14Cl3NO4S. The van der Waals surface area contributed by atoms with Crippen LogP contribution in [-0.2, 0) is 14.8 Å². The highest BCUT2D eigenvalue weighted by atomic mass is 35.5. The number of hydrogen-bond acceptors (Lipinski definition) is 3. The highest BCUT2D eigenvalue weighted by Crippen LogP contribution is 2.34.